The summed E-state index contributed by atoms with van der Waals surface area (Å²) in [5, 5.41) is 3.22. The molecule has 0 radical (unpaired) electrons. The van der Waals surface area contributed by atoms with E-state index in [1.807, 2.05) is 32.9 Å². The summed E-state index contributed by atoms with van der Waals surface area (Å²) in [7, 11) is 0. The van der Waals surface area contributed by atoms with E-state index in [1.165, 1.54) is 0 Å². The molecule has 0 spiro atoms. The molecule has 0 saturated carbocycles. The second kappa shape index (κ2) is 6.26. The molecule has 1 atom stereocenters. The van der Waals surface area contributed by atoms with Crippen LogP contribution in [0.5, 0.6) is 0 Å². The molecule has 1 aliphatic rings. The number of carbonyl (C=O) groups excluding carboxylic acids is 2. The zero-order valence-corrected chi connectivity index (χ0v) is 12.9. The molecule has 1 aliphatic heterocycles. The lowest BCUT2D eigenvalue weighted by atomic mass is 9.98. The first-order valence-corrected chi connectivity index (χ1v) is 7.28. The van der Waals surface area contributed by atoms with Gasteiger partial charge in [-0.2, -0.15) is 0 Å². The number of benzene rings is 1. The normalized spacial score (nSPS) is 17.8. The Hall–Kier alpha value is -1.88. The van der Waals surface area contributed by atoms with E-state index in [1.54, 1.807) is 4.90 Å². The van der Waals surface area contributed by atoms with Crippen LogP contribution in [0.4, 0.5) is 0 Å². The van der Waals surface area contributed by atoms with Crippen LogP contribution in [0.25, 0.3) is 0 Å². The lowest BCUT2D eigenvalue weighted by Gasteiger charge is -2.28. The summed E-state index contributed by atoms with van der Waals surface area (Å²) in [5.74, 6) is -0.574. The van der Waals surface area contributed by atoms with Crippen molar-refractivity contribution in [3.63, 3.8) is 0 Å². The Bertz CT molecular complexity index is 540. The van der Waals surface area contributed by atoms with E-state index < -0.39 is 5.91 Å². The number of nitrogens with zero attached hydrogens (tertiary/aromatic N) is 1. The minimum Gasteiger partial charge on any atom is -0.368 e. The molecule has 0 aliphatic carbocycles. The van der Waals surface area contributed by atoms with Gasteiger partial charge in [0.25, 0.3) is 5.91 Å². The molecule has 1 heterocycles. The summed E-state index contributed by atoms with van der Waals surface area (Å²) in [6, 6.07) is 4.02. The molecule has 3 N–H and O–H groups in total. The van der Waals surface area contributed by atoms with E-state index in [9.17, 15) is 9.59 Å². The first kappa shape index (κ1) is 15.5. The second-order valence-corrected chi connectivity index (χ2v) is 5.82. The van der Waals surface area contributed by atoms with E-state index in [-0.39, 0.29) is 18.5 Å². The van der Waals surface area contributed by atoms with Crippen LogP contribution in [-0.2, 0) is 4.79 Å². The van der Waals surface area contributed by atoms with Crippen LogP contribution in [0.15, 0.2) is 12.1 Å². The molecular formula is C16H23N3O2. The number of hydrogen-bond donors (Lipinski definition) is 2. The molecule has 2 amide bonds. The Kier molecular flexibility index (Phi) is 4.63. The van der Waals surface area contributed by atoms with Gasteiger partial charge < -0.3 is 16.0 Å². The number of nitrogens with one attached hydrogen (secondary N) is 1. The van der Waals surface area contributed by atoms with Gasteiger partial charge in [0.1, 0.15) is 0 Å². The largest absolute Gasteiger partial charge is 0.368 e. The molecule has 1 aromatic carbocycles. The van der Waals surface area contributed by atoms with Crippen LogP contribution in [0.1, 0.15) is 33.5 Å². The Morgan fingerprint density at radius 2 is 1.90 bits per heavy atom. The van der Waals surface area contributed by atoms with Gasteiger partial charge in [-0.1, -0.05) is 17.7 Å². The molecule has 1 fully saturated rings. The maximum absolute atomic E-state index is 12.9. The molecule has 5 nitrogen and oxygen atoms in total. The van der Waals surface area contributed by atoms with Crippen molar-refractivity contribution in [2.75, 3.05) is 19.6 Å². The number of rotatable bonds is 4. The monoisotopic (exact) mass is 289 g/mol. The third-order valence-electron chi connectivity index (χ3n) is 3.95. The highest BCUT2D eigenvalue weighted by molar-refractivity contribution is 5.99. The molecule has 21 heavy (non-hydrogen) atoms. The summed E-state index contributed by atoms with van der Waals surface area (Å²) >= 11 is 0. The quantitative estimate of drug-likeness (QED) is 0.865. The van der Waals surface area contributed by atoms with Gasteiger partial charge in [-0.25, -0.2) is 0 Å². The van der Waals surface area contributed by atoms with Gasteiger partial charge in [0.15, 0.2) is 0 Å². The van der Waals surface area contributed by atoms with E-state index in [4.69, 9.17) is 5.73 Å². The van der Waals surface area contributed by atoms with E-state index in [0.29, 0.717) is 12.1 Å². The molecule has 2 rings (SSSR count). The van der Waals surface area contributed by atoms with Crippen molar-refractivity contribution in [3.8, 4) is 0 Å². The number of primary amides is 1. The zero-order valence-electron chi connectivity index (χ0n) is 12.9. The second-order valence-electron chi connectivity index (χ2n) is 5.82. The highest BCUT2D eigenvalue weighted by Gasteiger charge is 2.29. The standard InChI is InChI=1S/C16H23N3O2/c1-10-6-11(2)15(12(3)7-10)16(21)19(9-14(17)20)13-4-5-18-8-13/h6-7,13,18H,4-5,8-9H2,1-3H3,(H2,17,20). The lowest BCUT2D eigenvalue weighted by molar-refractivity contribution is -0.119. The maximum atomic E-state index is 12.9. The van der Waals surface area contributed by atoms with Crippen molar-refractivity contribution in [1.82, 2.24) is 10.2 Å². The van der Waals surface area contributed by atoms with Gasteiger partial charge in [0, 0.05) is 18.2 Å². The fraction of sp³-hybridized carbons (Fsp3) is 0.500. The van der Waals surface area contributed by atoms with Crippen LogP contribution in [0.2, 0.25) is 0 Å². The topological polar surface area (TPSA) is 75.4 Å². The minimum atomic E-state index is -0.474. The van der Waals surface area contributed by atoms with Crippen LogP contribution in [0, 0.1) is 20.8 Å². The van der Waals surface area contributed by atoms with Crippen molar-refractivity contribution in [2.24, 2.45) is 5.73 Å². The molecule has 1 aromatic rings. The number of hydrogen-bond acceptors (Lipinski definition) is 3. The average Bonchev–Trinajstić information content (AvgIpc) is 2.87. The predicted molar refractivity (Wildman–Crippen MR) is 82.2 cm³/mol. The van der Waals surface area contributed by atoms with E-state index in [0.717, 1.165) is 29.7 Å². The van der Waals surface area contributed by atoms with Crippen LogP contribution in [0.3, 0.4) is 0 Å². The van der Waals surface area contributed by atoms with Crippen LogP contribution < -0.4 is 11.1 Å². The third-order valence-corrected chi connectivity index (χ3v) is 3.95. The lowest BCUT2D eigenvalue weighted by Crippen LogP contribution is -2.46. The minimum absolute atomic E-state index is 0.0298. The van der Waals surface area contributed by atoms with Gasteiger partial charge in [0.2, 0.25) is 5.91 Å². The first-order valence-electron chi connectivity index (χ1n) is 7.28. The third kappa shape index (κ3) is 3.42. The fourth-order valence-electron chi connectivity index (χ4n) is 3.10. The highest BCUT2D eigenvalue weighted by atomic mass is 16.2. The summed E-state index contributed by atoms with van der Waals surface area (Å²) in [5.41, 5.74) is 9.03. The molecule has 0 aromatic heterocycles. The fourth-order valence-corrected chi connectivity index (χ4v) is 3.10. The Morgan fingerprint density at radius 1 is 1.29 bits per heavy atom. The average molecular weight is 289 g/mol. The summed E-state index contributed by atoms with van der Waals surface area (Å²) in [6.07, 6.45) is 0.850. The van der Waals surface area contributed by atoms with E-state index in [2.05, 4.69) is 5.32 Å². The number of carbonyl (C=O) groups is 2. The van der Waals surface area contributed by atoms with Crippen LogP contribution in [-0.4, -0.2) is 42.4 Å². The van der Waals surface area contributed by atoms with Gasteiger partial charge in [-0.3, -0.25) is 9.59 Å². The summed E-state index contributed by atoms with van der Waals surface area (Å²) < 4.78 is 0. The van der Waals surface area contributed by atoms with Gasteiger partial charge in [-0.05, 0) is 44.9 Å². The van der Waals surface area contributed by atoms with Gasteiger partial charge in [0.05, 0.1) is 6.54 Å². The Morgan fingerprint density at radius 3 is 2.38 bits per heavy atom. The number of amides is 2. The molecule has 5 heteroatoms. The molecule has 114 valence electrons. The van der Waals surface area contributed by atoms with Crippen LogP contribution >= 0.6 is 0 Å². The zero-order chi connectivity index (χ0) is 15.6. The van der Waals surface area contributed by atoms with Crippen molar-refractivity contribution in [2.45, 2.75) is 33.2 Å². The van der Waals surface area contributed by atoms with Gasteiger partial charge >= 0.3 is 0 Å². The van der Waals surface area contributed by atoms with E-state index >= 15 is 0 Å². The highest BCUT2D eigenvalue weighted by Crippen LogP contribution is 2.21. The number of aryl methyl sites for hydroxylation is 3. The Labute approximate surface area is 125 Å². The molecular weight excluding hydrogens is 266 g/mol. The number of nitrogens with two attached hydrogens (primary N) is 1. The van der Waals surface area contributed by atoms with Crippen molar-refractivity contribution in [1.29, 1.82) is 0 Å². The molecule has 1 unspecified atom stereocenters. The predicted octanol–water partition coefficient (Wildman–Crippen LogP) is 0.901. The van der Waals surface area contributed by atoms with Crippen molar-refractivity contribution in [3.05, 3.63) is 34.4 Å². The first-order chi connectivity index (χ1) is 9.90. The smallest absolute Gasteiger partial charge is 0.255 e. The molecule has 0 bridgehead atoms. The summed E-state index contributed by atoms with van der Waals surface area (Å²) in [6.45, 7) is 7.42. The van der Waals surface area contributed by atoms with Gasteiger partial charge in [-0.15, -0.1) is 0 Å². The van der Waals surface area contributed by atoms with Crippen molar-refractivity contribution >= 4 is 11.8 Å². The maximum Gasteiger partial charge on any atom is 0.255 e. The molecule has 1 saturated heterocycles. The van der Waals surface area contributed by atoms with Crippen molar-refractivity contribution < 1.29 is 9.59 Å². The SMILES string of the molecule is Cc1cc(C)c(C(=O)N(CC(N)=O)C2CCNC2)c(C)c1. The Balaban J connectivity index is 2.35. The summed E-state index contributed by atoms with van der Waals surface area (Å²) in [4.78, 5) is 25.9.